The van der Waals surface area contributed by atoms with Crippen LogP contribution in [0.15, 0.2) is 6.07 Å². The number of rotatable bonds is 7. The molecule has 0 amide bonds. The molecule has 0 bridgehead atoms. The van der Waals surface area contributed by atoms with Crippen LogP contribution in [0.3, 0.4) is 0 Å². The molecule has 3 heteroatoms. The number of hydrogen-bond donors (Lipinski definition) is 2. The fourth-order valence-electron chi connectivity index (χ4n) is 1.58. The van der Waals surface area contributed by atoms with Crippen molar-refractivity contribution in [3.05, 3.63) is 21.4 Å². The summed E-state index contributed by atoms with van der Waals surface area (Å²) in [6, 6.07) is 2.83. The Bertz CT molecular complexity index is 287. The minimum Gasteiger partial charge on any atom is -0.315 e. The minimum absolute atomic E-state index is 0.536. The zero-order valence-electron chi connectivity index (χ0n) is 10.9. The maximum Gasteiger partial charge on any atom is 0.0302 e. The molecule has 0 aliphatic carbocycles. The Morgan fingerprint density at radius 1 is 1.38 bits per heavy atom. The van der Waals surface area contributed by atoms with Crippen LogP contribution < -0.4 is 10.6 Å². The topological polar surface area (TPSA) is 24.1 Å². The zero-order valence-corrected chi connectivity index (χ0v) is 11.7. The van der Waals surface area contributed by atoms with Crippen molar-refractivity contribution in [3.63, 3.8) is 0 Å². The van der Waals surface area contributed by atoms with Gasteiger partial charge in [0, 0.05) is 28.9 Å². The molecule has 0 spiro atoms. The van der Waals surface area contributed by atoms with Gasteiger partial charge in [-0.1, -0.05) is 6.92 Å². The van der Waals surface area contributed by atoms with Crippen LogP contribution >= 0.6 is 11.3 Å². The van der Waals surface area contributed by atoms with Crippen LogP contribution in [0.5, 0.6) is 0 Å². The monoisotopic (exact) mass is 240 g/mol. The Morgan fingerprint density at radius 3 is 2.69 bits per heavy atom. The van der Waals surface area contributed by atoms with E-state index < -0.39 is 0 Å². The van der Waals surface area contributed by atoms with E-state index in [1.54, 1.807) is 0 Å². The predicted octanol–water partition coefficient (Wildman–Crippen LogP) is 2.84. The highest BCUT2D eigenvalue weighted by Crippen LogP contribution is 2.20. The third kappa shape index (κ3) is 4.64. The standard InChI is InChI=1S/C13H24N2S/c1-5-6-14-8-11(3)15-9-13-7-10(2)12(4)16-13/h7,11,14-15H,5-6,8-9H2,1-4H3. The first-order valence-electron chi connectivity index (χ1n) is 6.13. The third-order valence-corrected chi connectivity index (χ3v) is 3.87. The van der Waals surface area contributed by atoms with Gasteiger partial charge in [-0.05, 0) is 45.4 Å². The molecule has 1 unspecified atom stereocenters. The van der Waals surface area contributed by atoms with E-state index in [0.29, 0.717) is 6.04 Å². The molecule has 16 heavy (non-hydrogen) atoms. The molecule has 1 aromatic rings. The van der Waals surface area contributed by atoms with Crippen LogP contribution in [0.4, 0.5) is 0 Å². The molecule has 0 aromatic carbocycles. The lowest BCUT2D eigenvalue weighted by Gasteiger charge is -2.13. The van der Waals surface area contributed by atoms with Crippen molar-refractivity contribution in [2.24, 2.45) is 0 Å². The SMILES string of the molecule is CCCNCC(C)NCc1cc(C)c(C)s1. The maximum atomic E-state index is 3.55. The van der Waals surface area contributed by atoms with Crippen LogP contribution in [-0.2, 0) is 6.54 Å². The van der Waals surface area contributed by atoms with Gasteiger partial charge < -0.3 is 10.6 Å². The van der Waals surface area contributed by atoms with Crippen molar-refractivity contribution < 1.29 is 0 Å². The van der Waals surface area contributed by atoms with Gasteiger partial charge in [-0.2, -0.15) is 0 Å². The summed E-state index contributed by atoms with van der Waals surface area (Å²) in [5, 5.41) is 6.97. The van der Waals surface area contributed by atoms with Gasteiger partial charge in [0.05, 0.1) is 0 Å². The Kier molecular flexibility index (Phi) is 6.03. The highest BCUT2D eigenvalue weighted by Gasteiger charge is 2.04. The van der Waals surface area contributed by atoms with Crippen molar-refractivity contribution in [2.45, 2.75) is 46.7 Å². The van der Waals surface area contributed by atoms with E-state index in [-0.39, 0.29) is 0 Å². The molecule has 0 saturated heterocycles. The van der Waals surface area contributed by atoms with Crippen LogP contribution in [0.2, 0.25) is 0 Å². The fourth-order valence-corrected chi connectivity index (χ4v) is 2.58. The summed E-state index contributed by atoms with van der Waals surface area (Å²) >= 11 is 1.90. The van der Waals surface area contributed by atoms with E-state index in [4.69, 9.17) is 0 Å². The van der Waals surface area contributed by atoms with Crippen LogP contribution in [0.1, 0.15) is 35.6 Å². The van der Waals surface area contributed by atoms with E-state index in [0.717, 1.165) is 19.6 Å². The van der Waals surface area contributed by atoms with Gasteiger partial charge in [0.2, 0.25) is 0 Å². The molecular formula is C13H24N2S. The molecule has 1 aromatic heterocycles. The summed E-state index contributed by atoms with van der Waals surface area (Å²) < 4.78 is 0. The van der Waals surface area contributed by atoms with E-state index in [9.17, 15) is 0 Å². The molecule has 0 aliphatic heterocycles. The third-order valence-electron chi connectivity index (χ3n) is 2.72. The first kappa shape index (κ1) is 13.7. The average molecular weight is 240 g/mol. The second-order valence-electron chi connectivity index (χ2n) is 4.44. The number of thiophene rings is 1. The molecule has 92 valence electrons. The summed E-state index contributed by atoms with van der Waals surface area (Å²) in [7, 11) is 0. The highest BCUT2D eigenvalue weighted by molar-refractivity contribution is 7.12. The molecule has 1 atom stereocenters. The maximum absolute atomic E-state index is 3.55. The van der Waals surface area contributed by atoms with Crippen molar-refractivity contribution >= 4 is 11.3 Å². The summed E-state index contributed by atoms with van der Waals surface area (Å²) in [6.07, 6.45) is 1.20. The lowest BCUT2D eigenvalue weighted by atomic mass is 10.2. The van der Waals surface area contributed by atoms with Gasteiger partial charge in [0.1, 0.15) is 0 Å². The van der Waals surface area contributed by atoms with Crippen LogP contribution in [0, 0.1) is 13.8 Å². The number of hydrogen-bond acceptors (Lipinski definition) is 3. The van der Waals surface area contributed by atoms with E-state index in [2.05, 4.69) is 44.4 Å². The van der Waals surface area contributed by atoms with E-state index in [1.165, 1.54) is 21.7 Å². The van der Waals surface area contributed by atoms with Gasteiger partial charge in [-0.15, -0.1) is 11.3 Å². The predicted molar refractivity (Wildman–Crippen MR) is 73.3 cm³/mol. The molecule has 0 aliphatic rings. The Balaban J connectivity index is 2.23. The Hall–Kier alpha value is -0.380. The summed E-state index contributed by atoms with van der Waals surface area (Å²) in [6.45, 7) is 12.0. The first-order chi connectivity index (χ1) is 7.63. The highest BCUT2D eigenvalue weighted by atomic mass is 32.1. The molecule has 2 nitrogen and oxygen atoms in total. The molecule has 2 N–H and O–H groups in total. The Labute approximate surface area is 103 Å². The quantitative estimate of drug-likeness (QED) is 0.716. The summed E-state index contributed by atoms with van der Waals surface area (Å²) in [4.78, 5) is 2.88. The minimum atomic E-state index is 0.536. The van der Waals surface area contributed by atoms with Crippen molar-refractivity contribution in [3.8, 4) is 0 Å². The molecule has 0 saturated carbocycles. The van der Waals surface area contributed by atoms with Gasteiger partial charge in [0.25, 0.3) is 0 Å². The number of nitrogens with one attached hydrogen (secondary N) is 2. The molecule has 1 rings (SSSR count). The van der Waals surface area contributed by atoms with Gasteiger partial charge >= 0.3 is 0 Å². The normalized spacial score (nSPS) is 13.0. The Morgan fingerprint density at radius 2 is 2.12 bits per heavy atom. The fraction of sp³-hybridized carbons (Fsp3) is 0.692. The van der Waals surface area contributed by atoms with E-state index >= 15 is 0 Å². The van der Waals surface area contributed by atoms with Crippen molar-refractivity contribution in [2.75, 3.05) is 13.1 Å². The lowest BCUT2D eigenvalue weighted by molar-refractivity contribution is 0.503. The largest absolute Gasteiger partial charge is 0.315 e. The van der Waals surface area contributed by atoms with E-state index in [1.807, 2.05) is 11.3 Å². The second-order valence-corrected chi connectivity index (χ2v) is 5.78. The van der Waals surface area contributed by atoms with Gasteiger partial charge in [0.15, 0.2) is 0 Å². The second kappa shape index (κ2) is 7.05. The van der Waals surface area contributed by atoms with Crippen LogP contribution in [-0.4, -0.2) is 19.1 Å². The van der Waals surface area contributed by atoms with Crippen molar-refractivity contribution in [1.29, 1.82) is 0 Å². The van der Waals surface area contributed by atoms with Crippen LogP contribution in [0.25, 0.3) is 0 Å². The molecule has 1 heterocycles. The molecule has 0 fully saturated rings. The summed E-state index contributed by atoms with van der Waals surface area (Å²) in [5.74, 6) is 0. The smallest absolute Gasteiger partial charge is 0.0302 e. The van der Waals surface area contributed by atoms with Gasteiger partial charge in [-0.25, -0.2) is 0 Å². The summed E-state index contributed by atoms with van der Waals surface area (Å²) in [5.41, 5.74) is 1.42. The molecule has 0 radical (unpaired) electrons. The van der Waals surface area contributed by atoms with Gasteiger partial charge in [-0.3, -0.25) is 0 Å². The molecular weight excluding hydrogens is 216 g/mol. The van der Waals surface area contributed by atoms with Crippen molar-refractivity contribution in [1.82, 2.24) is 10.6 Å². The average Bonchev–Trinajstić information content (AvgIpc) is 2.56. The number of aryl methyl sites for hydroxylation is 2. The lowest BCUT2D eigenvalue weighted by Crippen LogP contribution is -2.36. The first-order valence-corrected chi connectivity index (χ1v) is 6.95. The zero-order chi connectivity index (χ0) is 12.0.